The molecule has 18 heavy (non-hydrogen) atoms. The molecule has 0 aliphatic heterocycles. The molecule has 1 saturated carbocycles. The maximum absolute atomic E-state index is 13.2. The van der Waals surface area contributed by atoms with Gasteiger partial charge in [-0.3, -0.25) is 5.84 Å². The van der Waals surface area contributed by atoms with E-state index in [0.717, 1.165) is 6.07 Å². The van der Waals surface area contributed by atoms with Gasteiger partial charge in [-0.1, -0.05) is 11.6 Å². The van der Waals surface area contributed by atoms with Crippen LogP contribution in [-0.2, 0) is 0 Å². The highest BCUT2D eigenvalue weighted by Crippen LogP contribution is 2.50. The number of anilines is 1. The third-order valence-corrected chi connectivity index (χ3v) is 3.15. The smallest absolute Gasteiger partial charge is 0.251 e. The fraction of sp³-hybridized carbons (Fsp3) is 0.455. The van der Waals surface area contributed by atoms with Crippen LogP contribution < -0.4 is 16.0 Å². The van der Waals surface area contributed by atoms with Crippen molar-refractivity contribution in [3.05, 3.63) is 23.0 Å². The summed E-state index contributed by atoms with van der Waals surface area (Å²) in [6, 6.07) is 2.35. The second kappa shape index (κ2) is 4.85. The highest BCUT2D eigenvalue weighted by Gasteiger charge is 2.56. The Morgan fingerprint density at radius 2 is 2.17 bits per heavy atom. The number of hydrogen-bond donors (Lipinski definition) is 2. The molecule has 2 rings (SSSR count). The van der Waals surface area contributed by atoms with E-state index in [9.17, 15) is 13.2 Å². The van der Waals surface area contributed by atoms with Crippen molar-refractivity contribution in [2.45, 2.75) is 18.8 Å². The van der Waals surface area contributed by atoms with Gasteiger partial charge < -0.3 is 10.2 Å². The molecule has 0 bridgehead atoms. The third kappa shape index (κ3) is 2.81. The standard InChI is InChI=1S/C11H12ClF3N2O/c12-7-3-8(13)9(17-16)4-10(7)18-2-1-6-5-11(6,14)15/h3-4,6,17H,1-2,5,16H2. The molecule has 3 N–H and O–H groups in total. The molecule has 0 aromatic heterocycles. The predicted octanol–water partition coefficient (Wildman–Crippen LogP) is 3.19. The van der Waals surface area contributed by atoms with Gasteiger partial charge in [-0.2, -0.15) is 0 Å². The van der Waals surface area contributed by atoms with Gasteiger partial charge in [0.2, 0.25) is 0 Å². The molecule has 0 amide bonds. The lowest BCUT2D eigenvalue weighted by molar-refractivity contribution is 0.0930. The minimum absolute atomic E-state index is 0.0335. The maximum Gasteiger partial charge on any atom is 0.251 e. The van der Waals surface area contributed by atoms with Crippen LogP contribution in [0.25, 0.3) is 0 Å². The van der Waals surface area contributed by atoms with Crippen LogP contribution in [0.3, 0.4) is 0 Å². The molecule has 100 valence electrons. The lowest BCUT2D eigenvalue weighted by atomic mass is 10.3. The molecule has 0 spiro atoms. The quantitative estimate of drug-likeness (QED) is 0.643. The monoisotopic (exact) mass is 280 g/mol. The molecule has 1 aromatic carbocycles. The number of ether oxygens (including phenoxy) is 1. The van der Waals surface area contributed by atoms with Crippen molar-refractivity contribution in [1.82, 2.24) is 0 Å². The lowest BCUT2D eigenvalue weighted by Gasteiger charge is -2.10. The number of benzene rings is 1. The van der Waals surface area contributed by atoms with Crippen molar-refractivity contribution in [1.29, 1.82) is 0 Å². The zero-order valence-electron chi connectivity index (χ0n) is 9.35. The Hall–Kier alpha value is -1.14. The van der Waals surface area contributed by atoms with Crippen LogP contribution in [0.1, 0.15) is 12.8 Å². The Kier molecular flexibility index (Phi) is 3.59. The summed E-state index contributed by atoms with van der Waals surface area (Å²) >= 11 is 5.76. The van der Waals surface area contributed by atoms with E-state index in [0.29, 0.717) is 0 Å². The number of nitrogen functional groups attached to an aromatic ring is 1. The molecule has 7 heteroatoms. The van der Waals surface area contributed by atoms with Crippen molar-refractivity contribution in [3.8, 4) is 5.75 Å². The highest BCUT2D eigenvalue weighted by molar-refractivity contribution is 6.32. The van der Waals surface area contributed by atoms with Gasteiger partial charge in [-0.25, -0.2) is 13.2 Å². The summed E-state index contributed by atoms with van der Waals surface area (Å²) in [5, 5.41) is 0.0778. The van der Waals surface area contributed by atoms with Crippen LogP contribution in [0, 0.1) is 11.7 Å². The van der Waals surface area contributed by atoms with E-state index in [4.69, 9.17) is 22.2 Å². The SMILES string of the molecule is NNc1cc(OCCC2CC2(F)F)c(Cl)cc1F. The number of hydrogen-bond acceptors (Lipinski definition) is 3. The molecule has 1 fully saturated rings. The number of rotatable bonds is 5. The minimum Gasteiger partial charge on any atom is -0.492 e. The number of hydrazine groups is 1. The number of nitrogens with two attached hydrogens (primary N) is 1. The average Bonchev–Trinajstić information content (AvgIpc) is 2.89. The second-order valence-corrected chi connectivity index (χ2v) is 4.61. The lowest BCUT2D eigenvalue weighted by Crippen LogP contribution is -2.09. The van der Waals surface area contributed by atoms with E-state index in [1.54, 1.807) is 0 Å². The Morgan fingerprint density at radius 1 is 1.50 bits per heavy atom. The largest absolute Gasteiger partial charge is 0.492 e. The molecule has 1 unspecified atom stereocenters. The van der Waals surface area contributed by atoms with E-state index >= 15 is 0 Å². The Morgan fingerprint density at radius 3 is 2.72 bits per heavy atom. The second-order valence-electron chi connectivity index (χ2n) is 4.21. The summed E-state index contributed by atoms with van der Waals surface area (Å²) in [5.41, 5.74) is 2.19. The number of nitrogens with one attached hydrogen (secondary N) is 1. The average molecular weight is 281 g/mol. The Bertz CT molecular complexity index is 456. The Balaban J connectivity index is 1.93. The summed E-state index contributed by atoms with van der Waals surface area (Å²) in [6.07, 6.45) is 0.148. The van der Waals surface area contributed by atoms with Crippen LogP contribution in [0.4, 0.5) is 18.9 Å². The van der Waals surface area contributed by atoms with Gasteiger partial charge in [0.1, 0.15) is 11.6 Å². The van der Waals surface area contributed by atoms with Crippen molar-refractivity contribution in [2.24, 2.45) is 11.8 Å². The molecular weight excluding hydrogens is 269 g/mol. The van der Waals surface area contributed by atoms with Crippen molar-refractivity contribution in [3.63, 3.8) is 0 Å². The van der Waals surface area contributed by atoms with Gasteiger partial charge in [0.25, 0.3) is 5.92 Å². The molecule has 0 heterocycles. The van der Waals surface area contributed by atoms with Gasteiger partial charge in [0.05, 0.1) is 17.3 Å². The molecular formula is C11H12ClF3N2O. The van der Waals surface area contributed by atoms with Crippen LogP contribution in [0.15, 0.2) is 12.1 Å². The molecule has 0 saturated heterocycles. The van der Waals surface area contributed by atoms with Crippen molar-refractivity contribution in [2.75, 3.05) is 12.0 Å². The highest BCUT2D eigenvalue weighted by atomic mass is 35.5. The van der Waals surface area contributed by atoms with Crippen LogP contribution in [0.5, 0.6) is 5.75 Å². The summed E-state index contributed by atoms with van der Waals surface area (Å²) < 4.78 is 43.7. The van der Waals surface area contributed by atoms with E-state index in [1.165, 1.54) is 6.07 Å². The van der Waals surface area contributed by atoms with Crippen LogP contribution in [-0.4, -0.2) is 12.5 Å². The van der Waals surface area contributed by atoms with E-state index in [-0.39, 0.29) is 35.9 Å². The summed E-state index contributed by atoms with van der Waals surface area (Å²) in [6.45, 7) is 0.107. The van der Waals surface area contributed by atoms with E-state index < -0.39 is 17.7 Å². The number of halogens is 4. The minimum atomic E-state index is -2.56. The Labute approximate surface area is 107 Å². The van der Waals surface area contributed by atoms with Gasteiger partial charge in [-0.15, -0.1) is 0 Å². The maximum atomic E-state index is 13.2. The van der Waals surface area contributed by atoms with Crippen molar-refractivity contribution >= 4 is 17.3 Å². The molecule has 1 aromatic rings. The zero-order valence-corrected chi connectivity index (χ0v) is 10.1. The first-order chi connectivity index (χ1) is 8.44. The normalized spacial score (nSPS) is 20.6. The van der Waals surface area contributed by atoms with E-state index in [1.807, 2.05) is 0 Å². The topological polar surface area (TPSA) is 47.3 Å². The summed E-state index contributed by atoms with van der Waals surface area (Å²) in [7, 11) is 0. The zero-order chi connectivity index (χ0) is 13.3. The fourth-order valence-electron chi connectivity index (χ4n) is 1.64. The van der Waals surface area contributed by atoms with Gasteiger partial charge in [0.15, 0.2) is 0 Å². The predicted molar refractivity (Wildman–Crippen MR) is 62.4 cm³/mol. The van der Waals surface area contributed by atoms with Gasteiger partial charge >= 0.3 is 0 Å². The van der Waals surface area contributed by atoms with E-state index in [2.05, 4.69) is 5.43 Å². The molecule has 0 radical (unpaired) electrons. The summed E-state index contributed by atoms with van der Waals surface area (Å²) in [5.74, 6) is 1.54. The molecule has 1 aliphatic carbocycles. The molecule has 1 atom stereocenters. The van der Waals surface area contributed by atoms with Crippen molar-refractivity contribution < 1.29 is 17.9 Å². The third-order valence-electron chi connectivity index (χ3n) is 2.86. The van der Waals surface area contributed by atoms with Gasteiger partial charge in [-0.05, 0) is 12.5 Å². The van der Waals surface area contributed by atoms with Gasteiger partial charge in [0, 0.05) is 18.4 Å². The van der Waals surface area contributed by atoms with Crippen LogP contribution in [0.2, 0.25) is 5.02 Å². The number of alkyl halides is 2. The van der Waals surface area contributed by atoms with Crippen LogP contribution >= 0.6 is 11.6 Å². The first-order valence-electron chi connectivity index (χ1n) is 5.40. The summed E-state index contributed by atoms with van der Waals surface area (Å²) in [4.78, 5) is 0. The molecule has 1 aliphatic rings. The molecule has 3 nitrogen and oxygen atoms in total. The first-order valence-corrected chi connectivity index (χ1v) is 5.78. The first kappa shape index (κ1) is 13.3. The fourth-order valence-corrected chi connectivity index (χ4v) is 1.85.